The summed E-state index contributed by atoms with van der Waals surface area (Å²) < 4.78 is 5.84. The van der Waals surface area contributed by atoms with Gasteiger partial charge in [0.05, 0.1) is 6.61 Å². The van der Waals surface area contributed by atoms with Crippen LogP contribution in [0.5, 0.6) is 0 Å². The van der Waals surface area contributed by atoms with Crippen LogP contribution in [-0.2, 0) is 16.1 Å². The first-order valence-electron chi connectivity index (χ1n) is 16.4. The molecule has 1 aromatic rings. The maximum atomic E-state index is 10.6. The highest BCUT2D eigenvalue weighted by molar-refractivity contribution is 6.67. The normalized spacial score (nSPS) is 11.4. The molecular weight excluding hydrogens is 601 g/mol. The van der Waals surface area contributed by atoms with E-state index in [1.807, 2.05) is 12.1 Å². The minimum Gasteiger partial charge on any atom is -0.433 e. The molecule has 9 N–H and O–H groups in total. The van der Waals surface area contributed by atoms with Gasteiger partial charge in [-0.2, -0.15) is 0 Å². The third kappa shape index (κ3) is 18.8. The number of nitrogens with one attached hydrogen (secondary N) is 4. The zero-order chi connectivity index (χ0) is 35.2. The Bertz CT molecular complexity index is 1090. The van der Waals surface area contributed by atoms with Crippen molar-refractivity contribution in [2.24, 2.45) is 9.81 Å². The van der Waals surface area contributed by atoms with E-state index in [4.69, 9.17) is 10.1 Å². The summed E-state index contributed by atoms with van der Waals surface area (Å²) in [6, 6.07) is 7.30. The molecule has 0 amide bonds. The molecule has 0 atom stereocenters. The monoisotopic (exact) mass is 654 g/mol. The van der Waals surface area contributed by atoms with Gasteiger partial charge < -0.3 is 60.0 Å². The fraction of sp³-hybridized carbons (Fsp3) is 0.615. The van der Waals surface area contributed by atoms with Crippen molar-refractivity contribution in [2.75, 3.05) is 26.2 Å². The highest BCUT2D eigenvalue weighted by atomic mass is 16.5. The Morgan fingerprint density at radius 1 is 0.872 bits per heavy atom. The summed E-state index contributed by atoms with van der Waals surface area (Å²) in [5, 5.41) is 66.9. The van der Waals surface area contributed by atoms with Crippen molar-refractivity contribution in [3.63, 3.8) is 0 Å². The molecule has 47 heavy (non-hydrogen) atoms. The van der Waals surface area contributed by atoms with E-state index < -0.39 is 35.3 Å². The molecule has 0 saturated heterocycles. The average molecular weight is 654 g/mol. The quantitative estimate of drug-likeness (QED) is 0.0243. The van der Waals surface area contributed by atoms with Gasteiger partial charge in [-0.3, -0.25) is 15.2 Å². The standard InChI is InChI=1S/C26H52B6N8O7/c1-28(42)36-25(37-29(2)43)34-16-9-7-6-8-10-17-39(31(4)45)26(38-30(3)44)40(32(5)46)18-11-19-47-20-22-12-14-23(15-13-22)24(33)35-27-21-41/h12-15,21,27,42-46H,6-11,16-20H2,1-5H3,(H2,33,35)(H2,34,36,37)/b38-26+. The number of carbonyl (C=O) groups excluding carboxylic acids is 1. The Labute approximate surface area is 282 Å². The molecule has 0 aliphatic carbocycles. The summed E-state index contributed by atoms with van der Waals surface area (Å²) in [4.78, 5) is 22.2. The number of unbranched alkanes of at least 4 members (excludes halogenated alkanes) is 4. The lowest BCUT2D eigenvalue weighted by molar-refractivity contribution is 0.116. The molecule has 0 aliphatic rings. The Kier molecular flexibility index (Phi) is 21.7. The third-order valence-corrected chi connectivity index (χ3v) is 6.81. The van der Waals surface area contributed by atoms with Crippen molar-refractivity contribution in [3.05, 3.63) is 35.4 Å². The van der Waals surface area contributed by atoms with E-state index in [1.54, 1.807) is 42.2 Å². The molecule has 0 heterocycles. The largest absolute Gasteiger partial charge is 0.433 e. The molecule has 0 aromatic heterocycles. The SMILES string of the molecule is CB(O)/N=C(/NCCCCCCCN(B(C)O)/C(=N\B(C)O)N(CCCOCc1ccc(C(=N)NBC=O)cc1)B(C)O)NB(C)O. The molecular formula is C26H52B6N8O7. The highest BCUT2D eigenvalue weighted by Crippen LogP contribution is 2.11. The molecule has 0 saturated carbocycles. The number of carbonyl (C=O) groups is 1. The molecule has 1 aromatic carbocycles. The number of ether oxygens (including phenoxy) is 1. The van der Waals surface area contributed by atoms with Crippen molar-refractivity contribution >= 4 is 66.6 Å². The van der Waals surface area contributed by atoms with Crippen LogP contribution in [0.2, 0.25) is 34.1 Å². The fourth-order valence-corrected chi connectivity index (χ4v) is 4.59. The number of benzene rings is 1. The molecule has 1 rings (SSSR count). The summed E-state index contributed by atoms with van der Waals surface area (Å²) in [5.74, 6) is 0.831. The second kappa shape index (κ2) is 24.2. The number of guanidine groups is 2. The van der Waals surface area contributed by atoms with E-state index in [0.29, 0.717) is 62.9 Å². The number of amidine groups is 1. The summed E-state index contributed by atoms with van der Waals surface area (Å²) in [5.41, 5.74) is 1.60. The summed E-state index contributed by atoms with van der Waals surface area (Å²) in [6.07, 6.45) is 5.67. The van der Waals surface area contributed by atoms with Gasteiger partial charge in [0, 0.05) is 31.8 Å². The first-order chi connectivity index (χ1) is 22.3. The number of nitrogens with zero attached hydrogens (tertiary/aromatic N) is 4. The van der Waals surface area contributed by atoms with Gasteiger partial charge in [-0.25, -0.2) is 0 Å². The van der Waals surface area contributed by atoms with Crippen LogP contribution in [0, 0.1) is 5.41 Å². The second-order valence-corrected chi connectivity index (χ2v) is 11.4. The predicted octanol–water partition coefficient (Wildman–Crippen LogP) is -0.953. The molecule has 0 bridgehead atoms. The first kappa shape index (κ1) is 42.1. The van der Waals surface area contributed by atoms with Gasteiger partial charge in [-0.15, -0.1) is 0 Å². The summed E-state index contributed by atoms with van der Waals surface area (Å²) in [6.45, 7) is 10.1. The van der Waals surface area contributed by atoms with Gasteiger partial charge in [0.15, 0.2) is 11.9 Å². The number of rotatable bonds is 22. The van der Waals surface area contributed by atoms with Crippen molar-refractivity contribution in [3.8, 4) is 0 Å². The zero-order valence-corrected chi connectivity index (χ0v) is 28.6. The van der Waals surface area contributed by atoms with E-state index in [2.05, 4.69) is 25.6 Å². The van der Waals surface area contributed by atoms with Crippen LogP contribution >= 0.6 is 0 Å². The average Bonchev–Trinajstić information content (AvgIpc) is 2.99. The van der Waals surface area contributed by atoms with E-state index in [9.17, 15) is 29.9 Å². The van der Waals surface area contributed by atoms with E-state index >= 15 is 0 Å². The maximum absolute atomic E-state index is 10.6. The van der Waals surface area contributed by atoms with Crippen molar-refractivity contribution < 1.29 is 34.7 Å². The molecule has 0 spiro atoms. The van der Waals surface area contributed by atoms with E-state index in [0.717, 1.165) is 37.7 Å². The molecule has 0 aliphatic heterocycles. The molecule has 0 radical (unpaired) electrons. The first-order valence-corrected chi connectivity index (χ1v) is 16.4. The maximum Gasteiger partial charge on any atom is 0.431 e. The minimum atomic E-state index is -1.04. The lowest BCUT2D eigenvalue weighted by Crippen LogP contribution is -2.56. The van der Waals surface area contributed by atoms with Gasteiger partial charge in [0.25, 0.3) is 0 Å². The van der Waals surface area contributed by atoms with Crippen LogP contribution in [0.1, 0.15) is 49.7 Å². The van der Waals surface area contributed by atoms with E-state index in [-0.39, 0.29) is 13.3 Å². The van der Waals surface area contributed by atoms with Crippen LogP contribution in [0.15, 0.2) is 34.1 Å². The summed E-state index contributed by atoms with van der Waals surface area (Å²) >= 11 is 0. The Morgan fingerprint density at radius 3 is 2.00 bits per heavy atom. The smallest absolute Gasteiger partial charge is 0.431 e. The fourth-order valence-electron chi connectivity index (χ4n) is 4.59. The summed E-state index contributed by atoms with van der Waals surface area (Å²) in [7, 11) is -4.48. The van der Waals surface area contributed by atoms with Crippen LogP contribution in [0.4, 0.5) is 0 Å². The lowest BCUT2D eigenvalue weighted by atomic mass is 9.80. The van der Waals surface area contributed by atoms with Crippen molar-refractivity contribution in [2.45, 2.75) is 79.2 Å². The van der Waals surface area contributed by atoms with Gasteiger partial charge in [0.2, 0.25) is 0 Å². The highest BCUT2D eigenvalue weighted by Gasteiger charge is 2.29. The van der Waals surface area contributed by atoms with Crippen LogP contribution in [0.25, 0.3) is 0 Å². The number of hydrogen-bond acceptors (Lipinski definition) is 10. The lowest BCUT2D eigenvalue weighted by Gasteiger charge is -2.37. The molecule has 21 heteroatoms. The van der Waals surface area contributed by atoms with Crippen LogP contribution < -0.4 is 15.8 Å². The van der Waals surface area contributed by atoms with Gasteiger partial charge in [-0.1, -0.05) is 43.5 Å². The molecule has 15 nitrogen and oxygen atoms in total. The van der Waals surface area contributed by atoms with Gasteiger partial charge in [0.1, 0.15) is 12.0 Å². The molecule has 0 fully saturated rings. The Balaban J connectivity index is 2.61. The van der Waals surface area contributed by atoms with Crippen molar-refractivity contribution in [1.29, 1.82) is 5.41 Å². The minimum absolute atomic E-state index is 0.0836. The number of hydrogen-bond donors (Lipinski definition) is 9. The molecule has 256 valence electrons. The molecule has 0 unspecified atom stereocenters. The topological polar surface area (TPSA) is 219 Å². The van der Waals surface area contributed by atoms with Crippen LogP contribution in [0.3, 0.4) is 0 Å². The Hall–Kier alpha value is -2.95. The predicted molar refractivity (Wildman–Crippen MR) is 196 cm³/mol. The van der Waals surface area contributed by atoms with E-state index in [1.165, 1.54) is 13.6 Å². The van der Waals surface area contributed by atoms with Crippen molar-refractivity contribution in [1.82, 2.24) is 25.4 Å². The third-order valence-electron chi connectivity index (χ3n) is 6.81. The Morgan fingerprint density at radius 2 is 1.45 bits per heavy atom. The second-order valence-electron chi connectivity index (χ2n) is 11.4. The zero-order valence-electron chi connectivity index (χ0n) is 28.6. The van der Waals surface area contributed by atoms with Gasteiger partial charge in [-0.05, 0) is 58.9 Å². The van der Waals surface area contributed by atoms with Crippen LogP contribution in [-0.4, -0.2) is 128 Å². The van der Waals surface area contributed by atoms with Gasteiger partial charge >= 0.3 is 42.7 Å².